The van der Waals surface area contributed by atoms with Crippen LogP contribution in [0.3, 0.4) is 0 Å². The summed E-state index contributed by atoms with van der Waals surface area (Å²) in [5.74, 6) is 1.50. The minimum atomic E-state index is 0.226. The third-order valence-electron chi connectivity index (χ3n) is 4.83. The highest BCUT2D eigenvalue weighted by molar-refractivity contribution is 5.80. The lowest BCUT2D eigenvalue weighted by molar-refractivity contribution is -0.129. The molecule has 2 rings (SSSR count). The summed E-state index contributed by atoms with van der Waals surface area (Å²) in [5, 5.41) is 10.5. The molecule has 2 unspecified atom stereocenters. The number of nitrogens with zero attached hydrogens (tertiary/aromatic N) is 2. The molecule has 6 heteroatoms. The maximum absolute atomic E-state index is 11.8. The zero-order valence-corrected chi connectivity index (χ0v) is 16.5. The molecule has 1 aliphatic heterocycles. The van der Waals surface area contributed by atoms with Crippen LogP contribution in [0, 0.1) is 5.92 Å². The zero-order valence-electron chi connectivity index (χ0n) is 16.5. The van der Waals surface area contributed by atoms with E-state index in [1.54, 1.807) is 7.05 Å². The fourth-order valence-electron chi connectivity index (χ4n) is 3.12. The van der Waals surface area contributed by atoms with Crippen LogP contribution in [0.1, 0.15) is 33.6 Å². The quantitative estimate of drug-likeness (QED) is 0.516. The van der Waals surface area contributed by atoms with E-state index in [9.17, 15) is 4.79 Å². The molecule has 1 heterocycles. The summed E-state index contributed by atoms with van der Waals surface area (Å²) in [6.07, 6.45) is 1.53. The Morgan fingerprint density at radius 3 is 2.65 bits per heavy atom. The molecule has 26 heavy (non-hydrogen) atoms. The molecule has 0 spiro atoms. The number of aliphatic imine (C=N–C) groups is 1. The van der Waals surface area contributed by atoms with Crippen LogP contribution in [0.25, 0.3) is 0 Å². The van der Waals surface area contributed by atoms with Gasteiger partial charge in [-0.05, 0) is 24.5 Å². The standard InChI is InChI=1S/C20H33N5O/c1-5-19(26)25-12-11-17(14-25)24-20(21-4)22-13-18(15(2)3)23-16-9-7-6-8-10-16/h6-10,15,17-18,23H,5,11-14H2,1-4H3,(H2,21,22,24). The molecule has 3 N–H and O–H groups in total. The van der Waals surface area contributed by atoms with Gasteiger partial charge in [0.2, 0.25) is 5.91 Å². The van der Waals surface area contributed by atoms with Gasteiger partial charge in [0, 0.05) is 50.9 Å². The predicted octanol–water partition coefficient (Wildman–Crippen LogP) is 2.30. The van der Waals surface area contributed by atoms with Crippen molar-refractivity contribution in [2.75, 3.05) is 32.0 Å². The molecule has 0 aromatic heterocycles. The van der Waals surface area contributed by atoms with E-state index in [1.165, 1.54) is 0 Å². The van der Waals surface area contributed by atoms with Crippen molar-refractivity contribution in [3.05, 3.63) is 30.3 Å². The van der Waals surface area contributed by atoms with Gasteiger partial charge in [0.15, 0.2) is 5.96 Å². The van der Waals surface area contributed by atoms with Gasteiger partial charge < -0.3 is 20.9 Å². The molecule has 0 saturated carbocycles. The molecule has 1 amide bonds. The summed E-state index contributed by atoms with van der Waals surface area (Å²) in [7, 11) is 1.79. The third kappa shape index (κ3) is 5.93. The van der Waals surface area contributed by atoms with Gasteiger partial charge in [-0.25, -0.2) is 0 Å². The SMILES string of the molecule is CCC(=O)N1CCC(NC(=NC)NCC(Nc2ccccc2)C(C)C)C1. The van der Waals surface area contributed by atoms with Gasteiger partial charge >= 0.3 is 0 Å². The maximum atomic E-state index is 11.8. The first-order valence-electron chi connectivity index (χ1n) is 9.60. The van der Waals surface area contributed by atoms with Gasteiger partial charge in [-0.15, -0.1) is 0 Å². The van der Waals surface area contributed by atoms with E-state index < -0.39 is 0 Å². The number of para-hydroxylation sites is 1. The van der Waals surface area contributed by atoms with Crippen LogP contribution in [-0.4, -0.2) is 55.5 Å². The van der Waals surface area contributed by atoms with Crippen molar-refractivity contribution >= 4 is 17.6 Å². The summed E-state index contributed by atoms with van der Waals surface area (Å²) >= 11 is 0. The minimum Gasteiger partial charge on any atom is -0.380 e. The number of likely N-dealkylation sites (tertiary alicyclic amines) is 1. The molecular formula is C20H33N5O. The number of carbonyl (C=O) groups is 1. The highest BCUT2D eigenvalue weighted by Crippen LogP contribution is 2.12. The Morgan fingerprint density at radius 2 is 2.04 bits per heavy atom. The van der Waals surface area contributed by atoms with E-state index in [2.05, 4.69) is 46.9 Å². The lowest BCUT2D eigenvalue weighted by Gasteiger charge is -2.26. The zero-order chi connectivity index (χ0) is 18.9. The van der Waals surface area contributed by atoms with Gasteiger partial charge in [-0.2, -0.15) is 0 Å². The second-order valence-electron chi connectivity index (χ2n) is 7.14. The van der Waals surface area contributed by atoms with E-state index in [-0.39, 0.29) is 18.0 Å². The van der Waals surface area contributed by atoms with E-state index in [1.807, 2.05) is 30.0 Å². The van der Waals surface area contributed by atoms with Crippen LogP contribution >= 0.6 is 0 Å². The molecule has 1 fully saturated rings. The number of hydrogen-bond donors (Lipinski definition) is 3. The van der Waals surface area contributed by atoms with Gasteiger partial charge in [-0.1, -0.05) is 39.0 Å². The number of amides is 1. The molecular weight excluding hydrogens is 326 g/mol. The van der Waals surface area contributed by atoms with Crippen LogP contribution in [0.2, 0.25) is 0 Å². The molecule has 0 radical (unpaired) electrons. The van der Waals surface area contributed by atoms with Crippen LogP contribution in [0.5, 0.6) is 0 Å². The van der Waals surface area contributed by atoms with E-state index in [0.29, 0.717) is 12.3 Å². The normalized spacial score (nSPS) is 18.7. The Kier molecular flexibility index (Phi) is 7.75. The van der Waals surface area contributed by atoms with Crippen molar-refractivity contribution in [1.82, 2.24) is 15.5 Å². The first-order chi connectivity index (χ1) is 12.5. The molecule has 0 aliphatic carbocycles. The van der Waals surface area contributed by atoms with Crippen LogP contribution in [-0.2, 0) is 4.79 Å². The minimum absolute atomic E-state index is 0.226. The number of benzene rings is 1. The summed E-state index contributed by atoms with van der Waals surface area (Å²) in [5.41, 5.74) is 1.13. The average molecular weight is 360 g/mol. The Labute approximate surface area is 157 Å². The lowest BCUT2D eigenvalue weighted by atomic mass is 10.0. The summed E-state index contributed by atoms with van der Waals surface area (Å²) < 4.78 is 0. The second-order valence-corrected chi connectivity index (χ2v) is 7.14. The average Bonchev–Trinajstić information content (AvgIpc) is 3.12. The van der Waals surface area contributed by atoms with Gasteiger partial charge in [-0.3, -0.25) is 9.79 Å². The Balaban J connectivity index is 1.84. The van der Waals surface area contributed by atoms with Crippen LogP contribution < -0.4 is 16.0 Å². The number of carbonyl (C=O) groups excluding carboxylic acids is 1. The second kappa shape index (κ2) is 10.0. The van der Waals surface area contributed by atoms with Gasteiger partial charge in [0.25, 0.3) is 0 Å². The number of nitrogens with one attached hydrogen (secondary N) is 3. The lowest BCUT2D eigenvalue weighted by Crippen LogP contribution is -2.48. The Bertz CT molecular complexity index is 587. The topological polar surface area (TPSA) is 68.8 Å². The largest absolute Gasteiger partial charge is 0.380 e. The fourth-order valence-corrected chi connectivity index (χ4v) is 3.12. The smallest absolute Gasteiger partial charge is 0.222 e. The number of anilines is 1. The van der Waals surface area contributed by atoms with Crippen LogP contribution in [0.4, 0.5) is 5.69 Å². The third-order valence-corrected chi connectivity index (χ3v) is 4.83. The number of hydrogen-bond acceptors (Lipinski definition) is 3. The van der Waals surface area contributed by atoms with Crippen molar-refractivity contribution in [1.29, 1.82) is 0 Å². The highest BCUT2D eigenvalue weighted by atomic mass is 16.2. The molecule has 1 aliphatic rings. The highest BCUT2D eigenvalue weighted by Gasteiger charge is 2.26. The molecule has 1 aromatic rings. The fraction of sp³-hybridized carbons (Fsp3) is 0.600. The van der Waals surface area contributed by atoms with Crippen molar-refractivity contribution in [3.8, 4) is 0 Å². The summed E-state index contributed by atoms with van der Waals surface area (Å²) in [6, 6.07) is 10.8. The Hall–Kier alpha value is -2.24. The van der Waals surface area contributed by atoms with Crippen molar-refractivity contribution < 1.29 is 4.79 Å². The first-order valence-corrected chi connectivity index (χ1v) is 9.60. The Morgan fingerprint density at radius 1 is 1.31 bits per heavy atom. The predicted molar refractivity (Wildman–Crippen MR) is 108 cm³/mol. The van der Waals surface area contributed by atoms with E-state index in [0.717, 1.165) is 37.7 Å². The molecule has 0 bridgehead atoms. The first kappa shape index (κ1) is 20.1. The monoisotopic (exact) mass is 359 g/mol. The van der Waals surface area contributed by atoms with Crippen molar-refractivity contribution in [3.63, 3.8) is 0 Å². The molecule has 2 atom stereocenters. The summed E-state index contributed by atoms with van der Waals surface area (Å²) in [4.78, 5) is 18.1. The number of rotatable bonds is 7. The molecule has 1 saturated heterocycles. The van der Waals surface area contributed by atoms with Gasteiger partial charge in [0.05, 0.1) is 0 Å². The molecule has 6 nitrogen and oxygen atoms in total. The molecule has 1 aromatic carbocycles. The van der Waals surface area contributed by atoms with Crippen LogP contribution in [0.15, 0.2) is 35.3 Å². The molecule has 144 valence electrons. The number of guanidine groups is 1. The maximum Gasteiger partial charge on any atom is 0.222 e. The van der Waals surface area contributed by atoms with Crippen molar-refractivity contribution in [2.45, 2.75) is 45.7 Å². The van der Waals surface area contributed by atoms with E-state index in [4.69, 9.17) is 0 Å². The summed E-state index contributed by atoms with van der Waals surface area (Å²) in [6.45, 7) is 8.69. The van der Waals surface area contributed by atoms with Crippen molar-refractivity contribution in [2.24, 2.45) is 10.9 Å². The van der Waals surface area contributed by atoms with E-state index >= 15 is 0 Å². The van der Waals surface area contributed by atoms with Gasteiger partial charge in [0.1, 0.15) is 0 Å².